The summed E-state index contributed by atoms with van der Waals surface area (Å²) in [5.41, 5.74) is 3.37. The number of nitriles is 1. The van der Waals surface area contributed by atoms with Crippen molar-refractivity contribution in [1.29, 1.82) is 5.26 Å². The summed E-state index contributed by atoms with van der Waals surface area (Å²) in [7, 11) is 0. The van der Waals surface area contributed by atoms with Crippen LogP contribution in [0.2, 0.25) is 5.02 Å². The van der Waals surface area contributed by atoms with Gasteiger partial charge in [-0.2, -0.15) is 5.26 Å². The largest absolute Gasteiger partial charge is 0.360 e. The number of ketones is 1. The number of halogens is 1. The number of rotatable bonds is 2. The molecule has 2 aromatic carbocycles. The highest BCUT2D eigenvalue weighted by molar-refractivity contribution is 6.31. The number of aromatic nitrogens is 1. The first-order valence-electron chi connectivity index (χ1n) is 6.42. The summed E-state index contributed by atoms with van der Waals surface area (Å²) in [6.45, 7) is 1.86. The standard InChI is InChI=1S/C17H11ClN2O/c1-10-6-12(3-4-15(10)18)17(21)14-9-20-16-5-2-11(8-19)7-13(14)16/h2-7,9,20H,1H3. The van der Waals surface area contributed by atoms with Crippen LogP contribution in [-0.2, 0) is 0 Å². The molecule has 0 saturated carbocycles. The van der Waals surface area contributed by atoms with Gasteiger partial charge < -0.3 is 4.98 Å². The van der Waals surface area contributed by atoms with Gasteiger partial charge in [0.2, 0.25) is 0 Å². The van der Waals surface area contributed by atoms with E-state index in [1.54, 1.807) is 42.6 Å². The third-order valence-electron chi connectivity index (χ3n) is 3.48. The normalized spacial score (nSPS) is 10.5. The van der Waals surface area contributed by atoms with Gasteiger partial charge in [-0.3, -0.25) is 4.79 Å². The Morgan fingerprint density at radius 2 is 2.05 bits per heavy atom. The van der Waals surface area contributed by atoms with Gasteiger partial charge in [0.25, 0.3) is 0 Å². The van der Waals surface area contributed by atoms with Crippen LogP contribution in [0.3, 0.4) is 0 Å². The van der Waals surface area contributed by atoms with Crippen molar-refractivity contribution in [3.05, 3.63) is 69.9 Å². The number of carbonyl (C=O) groups excluding carboxylic acids is 1. The average molecular weight is 295 g/mol. The van der Waals surface area contributed by atoms with Crippen LogP contribution in [0.5, 0.6) is 0 Å². The fourth-order valence-electron chi connectivity index (χ4n) is 2.32. The summed E-state index contributed by atoms with van der Waals surface area (Å²) in [6.07, 6.45) is 1.68. The number of aryl methyl sites for hydroxylation is 1. The van der Waals surface area contributed by atoms with Gasteiger partial charge in [-0.05, 0) is 48.9 Å². The number of aromatic amines is 1. The Morgan fingerprint density at radius 1 is 1.24 bits per heavy atom. The molecule has 1 heterocycles. The molecule has 3 nitrogen and oxygen atoms in total. The molecule has 4 heteroatoms. The third-order valence-corrected chi connectivity index (χ3v) is 3.90. The molecular formula is C17H11ClN2O. The van der Waals surface area contributed by atoms with E-state index in [0.29, 0.717) is 21.7 Å². The van der Waals surface area contributed by atoms with Gasteiger partial charge in [0.05, 0.1) is 11.6 Å². The summed E-state index contributed by atoms with van der Waals surface area (Å²) in [5, 5.41) is 10.4. The van der Waals surface area contributed by atoms with Gasteiger partial charge in [-0.25, -0.2) is 0 Å². The predicted molar refractivity (Wildman–Crippen MR) is 82.6 cm³/mol. The van der Waals surface area contributed by atoms with E-state index in [4.69, 9.17) is 16.9 Å². The molecule has 3 rings (SSSR count). The SMILES string of the molecule is Cc1cc(C(=O)c2c[nH]c3ccc(C#N)cc23)ccc1Cl. The van der Waals surface area contributed by atoms with Crippen molar-refractivity contribution in [3.63, 3.8) is 0 Å². The lowest BCUT2D eigenvalue weighted by Crippen LogP contribution is -2.00. The van der Waals surface area contributed by atoms with Crippen LogP contribution in [-0.4, -0.2) is 10.8 Å². The van der Waals surface area contributed by atoms with Gasteiger partial charge in [0.1, 0.15) is 0 Å². The first kappa shape index (κ1) is 13.4. The molecule has 0 aliphatic carbocycles. The molecular weight excluding hydrogens is 284 g/mol. The predicted octanol–water partition coefficient (Wildman–Crippen LogP) is 4.23. The molecule has 0 spiro atoms. The number of benzene rings is 2. The summed E-state index contributed by atoms with van der Waals surface area (Å²) >= 11 is 5.99. The van der Waals surface area contributed by atoms with Gasteiger partial charge in [0.15, 0.2) is 5.78 Å². The zero-order valence-corrected chi connectivity index (χ0v) is 12.0. The van der Waals surface area contributed by atoms with Crippen molar-refractivity contribution >= 4 is 28.3 Å². The number of nitrogens with one attached hydrogen (secondary N) is 1. The van der Waals surface area contributed by atoms with E-state index in [-0.39, 0.29) is 5.78 Å². The maximum absolute atomic E-state index is 12.6. The van der Waals surface area contributed by atoms with Gasteiger partial charge in [-0.1, -0.05) is 11.6 Å². The highest BCUT2D eigenvalue weighted by atomic mass is 35.5. The molecule has 0 aliphatic rings. The molecule has 1 N–H and O–H groups in total. The van der Waals surface area contributed by atoms with E-state index in [1.807, 2.05) is 6.92 Å². The minimum atomic E-state index is -0.0869. The van der Waals surface area contributed by atoms with Crippen molar-refractivity contribution in [3.8, 4) is 6.07 Å². The molecule has 0 radical (unpaired) electrons. The van der Waals surface area contributed by atoms with Gasteiger partial charge in [0, 0.05) is 33.2 Å². The molecule has 0 atom stereocenters. The van der Waals surface area contributed by atoms with Crippen LogP contribution in [0, 0.1) is 18.3 Å². The zero-order valence-electron chi connectivity index (χ0n) is 11.3. The smallest absolute Gasteiger partial charge is 0.195 e. The Labute approximate surface area is 126 Å². The van der Waals surface area contributed by atoms with Crippen LogP contribution in [0.25, 0.3) is 10.9 Å². The minimum absolute atomic E-state index is 0.0869. The van der Waals surface area contributed by atoms with E-state index in [2.05, 4.69) is 11.1 Å². The molecule has 21 heavy (non-hydrogen) atoms. The van der Waals surface area contributed by atoms with Crippen molar-refractivity contribution in [2.24, 2.45) is 0 Å². The Morgan fingerprint density at radius 3 is 2.76 bits per heavy atom. The highest BCUT2D eigenvalue weighted by Gasteiger charge is 2.15. The Kier molecular flexibility index (Phi) is 3.25. The first-order chi connectivity index (χ1) is 10.1. The fourth-order valence-corrected chi connectivity index (χ4v) is 2.44. The molecule has 0 fully saturated rings. The van der Waals surface area contributed by atoms with E-state index in [1.165, 1.54) is 0 Å². The highest BCUT2D eigenvalue weighted by Crippen LogP contribution is 2.24. The second-order valence-electron chi connectivity index (χ2n) is 4.87. The summed E-state index contributed by atoms with van der Waals surface area (Å²) in [4.78, 5) is 15.7. The number of hydrogen-bond acceptors (Lipinski definition) is 2. The van der Waals surface area contributed by atoms with E-state index in [9.17, 15) is 4.79 Å². The minimum Gasteiger partial charge on any atom is -0.360 e. The Hall–Kier alpha value is -2.57. The number of fused-ring (bicyclic) bond motifs is 1. The van der Waals surface area contributed by atoms with E-state index in [0.717, 1.165) is 16.5 Å². The second-order valence-corrected chi connectivity index (χ2v) is 5.27. The molecule has 0 unspecified atom stereocenters. The topological polar surface area (TPSA) is 56.6 Å². The van der Waals surface area contributed by atoms with Crippen LogP contribution in [0.15, 0.2) is 42.6 Å². The van der Waals surface area contributed by atoms with Gasteiger partial charge >= 0.3 is 0 Å². The molecule has 0 bridgehead atoms. The average Bonchev–Trinajstić information content (AvgIpc) is 2.92. The molecule has 102 valence electrons. The summed E-state index contributed by atoms with van der Waals surface area (Å²) in [6, 6.07) is 12.5. The first-order valence-corrected chi connectivity index (χ1v) is 6.80. The number of carbonyl (C=O) groups is 1. The van der Waals surface area contributed by atoms with Gasteiger partial charge in [-0.15, -0.1) is 0 Å². The monoisotopic (exact) mass is 294 g/mol. The van der Waals surface area contributed by atoms with E-state index >= 15 is 0 Å². The number of nitrogens with zero attached hydrogens (tertiary/aromatic N) is 1. The molecule has 0 aliphatic heterocycles. The zero-order chi connectivity index (χ0) is 15.0. The molecule has 1 aromatic heterocycles. The van der Waals surface area contributed by atoms with Crippen LogP contribution in [0.4, 0.5) is 0 Å². The Balaban J connectivity index is 2.13. The maximum Gasteiger partial charge on any atom is 0.195 e. The molecule has 0 saturated heterocycles. The maximum atomic E-state index is 12.6. The molecule has 0 amide bonds. The second kappa shape index (κ2) is 5.08. The quantitative estimate of drug-likeness (QED) is 0.719. The van der Waals surface area contributed by atoms with E-state index < -0.39 is 0 Å². The van der Waals surface area contributed by atoms with Crippen molar-refractivity contribution in [2.45, 2.75) is 6.92 Å². The van der Waals surface area contributed by atoms with Crippen LogP contribution < -0.4 is 0 Å². The lowest BCUT2D eigenvalue weighted by molar-refractivity contribution is 0.104. The summed E-state index contributed by atoms with van der Waals surface area (Å²) in [5.74, 6) is -0.0869. The van der Waals surface area contributed by atoms with Crippen LogP contribution >= 0.6 is 11.6 Å². The molecule has 3 aromatic rings. The van der Waals surface area contributed by atoms with Crippen LogP contribution in [0.1, 0.15) is 27.0 Å². The Bertz CT molecular complexity index is 903. The fraction of sp³-hybridized carbons (Fsp3) is 0.0588. The third kappa shape index (κ3) is 2.31. The summed E-state index contributed by atoms with van der Waals surface area (Å²) < 4.78 is 0. The number of hydrogen-bond donors (Lipinski definition) is 1. The van der Waals surface area contributed by atoms with Crippen molar-refractivity contribution < 1.29 is 4.79 Å². The lowest BCUT2D eigenvalue weighted by Gasteiger charge is -2.03. The van der Waals surface area contributed by atoms with Crippen molar-refractivity contribution in [1.82, 2.24) is 4.98 Å². The van der Waals surface area contributed by atoms with Crippen molar-refractivity contribution in [2.75, 3.05) is 0 Å². The number of H-pyrrole nitrogens is 1. The lowest BCUT2D eigenvalue weighted by atomic mass is 10.0.